The van der Waals surface area contributed by atoms with E-state index in [2.05, 4.69) is 15.0 Å². The number of aromatic amines is 1. The van der Waals surface area contributed by atoms with E-state index >= 15 is 0 Å². The van der Waals surface area contributed by atoms with Gasteiger partial charge in [0.25, 0.3) is 0 Å². The number of hydrogen-bond donors (Lipinski definition) is 1. The summed E-state index contributed by atoms with van der Waals surface area (Å²) in [6.07, 6.45) is -4.70. The van der Waals surface area contributed by atoms with Crippen LogP contribution in [0.25, 0.3) is 10.9 Å². The molecular weight excluding hydrogens is 403 g/mol. The Hall–Kier alpha value is -2.68. The Bertz CT molecular complexity index is 1120. The number of hydrogen-bond acceptors (Lipinski definition) is 5. The van der Waals surface area contributed by atoms with Crippen LogP contribution in [0.1, 0.15) is 51.8 Å². The number of alkyl halides is 3. The Balaban J connectivity index is 2.00. The van der Waals surface area contributed by atoms with E-state index in [0.717, 1.165) is 11.8 Å². The lowest BCUT2D eigenvalue weighted by molar-refractivity contribution is -0.145. The number of aryl methyl sites for hydroxylation is 1. The SMILES string of the molecule is CC(=O)c1c(C)[nH]c(C(=O)[C@@H](C)Sc2nc(C(F)(F)F)nc3ccccc23)c1C. The van der Waals surface area contributed by atoms with Gasteiger partial charge in [0.2, 0.25) is 5.82 Å². The maximum absolute atomic E-state index is 13.2. The number of aromatic nitrogens is 3. The third-order valence-corrected chi connectivity index (χ3v) is 5.62. The molecule has 2 heterocycles. The Labute approximate surface area is 169 Å². The molecule has 9 heteroatoms. The summed E-state index contributed by atoms with van der Waals surface area (Å²) in [5, 5.41) is -0.212. The predicted octanol–water partition coefficient (Wildman–Crippen LogP) is 5.16. The van der Waals surface area contributed by atoms with Crippen molar-refractivity contribution in [3.05, 3.63) is 52.6 Å². The van der Waals surface area contributed by atoms with Gasteiger partial charge in [0, 0.05) is 16.6 Å². The number of carbonyl (C=O) groups is 2. The summed E-state index contributed by atoms with van der Waals surface area (Å²) in [7, 11) is 0. The van der Waals surface area contributed by atoms with Gasteiger partial charge in [-0.15, -0.1) is 0 Å². The molecule has 0 spiro atoms. The first-order valence-corrected chi connectivity index (χ1v) is 9.63. The molecule has 0 radical (unpaired) electrons. The third kappa shape index (κ3) is 4.05. The van der Waals surface area contributed by atoms with Crippen LogP contribution in [0.15, 0.2) is 29.3 Å². The molecule has 5 nitrogen and oxygen atoms in total. The zero-order chi connectivity index (χ0) is 21.5. The molecule has 0 amide bonds. The molecule has 0 bridgehead atoms. The number of benzene rings is 1. The van der Waals surface area contributed by atoms with Crippen molar-refractivity contribution in [1.29, 1.82) is 0 Å². The van der Waals surface area contributed by atoms with Crippen LogP contribution in [0.3, 0.4) is 0 Å². The minimum absolute atomic E-state index is 0.0801. The summed E-state index contributed by atoms with van der Waals surface area (Å²) in [5.74, 6) is -1.73. The zero-order valence-electron chi connectivity index (χ0n) is 16.1. The lowest BCUT2D eigenvalue weighted by atomic mass is 10.0. The Morgan fingerprint density at radius 1 is 1.14 bits per heavy atom. The van der Waals surface area contributed by atoms with Gasteiger partial charge in [-0.25, -0.2) is 9.97 Å². The number of thioether (sulfide) groups is 1. The number of fused-ring (bicyclic) bond motifs is 1. The Morgan fingerprint density at radius 2 is 1.79 bits per heavy atom. The van der Waals surface area contributed by atoms with Crippen molar-refractivity contribution in [2.24, 2.45) is 0 Å². The zero-order valence-corrected chi connectivity index (χ0v) is 17.0. The molecule has 1 aromatic carbocycles. The van der Waals surface area contributed by atoms with Crippen molar-refractivity contribution in [3.8, 4) is 0 Å². The van der Waals surface area contributed by atoms with E-state index in [0.29, 0.717) is 22.2 Å². The molecule has 152 valence electrons. The summed E-state index contributed by atoms with van der Waals surface area (Å²) < 4.78 is 39.6. The average Bonchev–Trinajstić information content (AvgIpc) is 2.94. The highest BCUT2D eigenvalue weighted by Gasteiger charge is 2.36. The van der Waals surface area contributed by atoms with Crippen LogP contribution in [0.4, 0.5) is 13.2 Å². The minimum Gasteiger partial charge on any atom is -0.355 e. The summed E-state index contributed by atoms with van der Waals surface area (Å²) in [6, 6.07) is 6.35. The molecule has 0 saturated carbocycles. The number of halogens is 3. The summed E-state index contributed by atoms with van der Waals surface area (Å²) >= 11 is 0.933. The molecule has 0 fully saturated rings. The van der Waals surface area contributed by atoms with Gasteiger partial charge in [-0.2, -0.15) is 13.2 Å². The normalized spacial score (nSPS) is 12.9. The monoisotopic (exact) mass is 421 g/mol. The summed E-state index contributed by atoms with van der Waals surface area (Å²) in [6.45, 7) is 6.39. The van der Waals surface area contributed by atoms with Gasteiger partial charge in [-0.1, -0.05) is 30.0 Å². The van der Waals surface area contributed by atoms with Crippen molar-refractivity contribution in [2.75, 3.05) is 0 Å². The fourth-order valence-corrected chi connectivity index (χ4v) is 4.21. The molecule has 0 unspecified atom stereocenters. The van der Waals surface area contributed by atoms with E-state index in [9.17, 15) is 22.8 Å². The van der Waals surface area contributed by atoms with Crippen LogP contribution in [-0.2, 0) is 6.18 Å². The molecule has 0 aliphatic heterocycles. The molecule has 1 N–H and O–H groups in total. The van der Waals surface area contributed by atoms with Gasteiger partial charge >= 0.3 is 6.18 Å². The van der Waals surface area contributed by atoms with Crippen LogP contribution in [0, 0.1) is 13.8 Å². The standard InChI is InChI=1S/C20H18F3N3O2S/c1-9-15(11(3)27)10(2)24-16(9)17(28)12(4)29-18-13-7-5-6-8-14(13)25-19(26-18)20(21,22)23/h5-8,12,24H,1-4H3/t12-/m1/s1. The quantitative estimate of drug-likeness (QED) is 0.350. The number of nitrogens with one attached hydrogen (secondary N) is 1. The number of H-pyrrole nitrogens is 1. The molecule has 2 aromatic heterocycles. The molecule has 29 heavy (non-hydrogen) atoms. The minimum atomic E-state index is -4.70. The van der Waals surface area contributed by atoms with Crippen molar-refractivity contribution in [1.82, 2.24) is 15.0 Å². The van der Waals surface area contributed by atoms with Crippen molar-refractivity contribution >= 4 is 34.2 Å². The van der Waals surface area contributed by atoms with Gasteiger partial charge in [0.15, 0.2) is 11.6 Å². The van der Waals surface area contributed by atoms with Gasteiger partial charge in [0.05, 0.1) is 16.5 Å². The largest absolute Gasteiger partial charge is 0.451 e. The first kappa shape index (κ1) is 21.0. The Kier molecular flexibility index (Phi) is 5.53. The second-order valence-electron chi connectivity index (χ2n) is 6.67. The van der Waals surface area contributed by atoms with E-state index in [1.165, 1.54) is 13.0 Å². The number of ketones is 2. The first-order valence-electron chi connectivity index (χ1n) is 8.75. The highest BCUT2D eigenvalue weighted by atomic mass is 32.2. The van der Waals surface area contributed by atoms with Gasteiger partial charge in [0.1, 0.15) is 5.03 Å². The third-order valence-electron chi connectivity index (χ3n) is 4.52. The fraction of sp³-hybridized carbons (Fsp3) is 0.300. The molecule has 0 aliphatic carbocycles. The van der Waals surface area contributed by atoms with Crippen LogP contribution in [0.5, 0.6) is 0 Å². The number of Topliss-reactive ketones (excluding diaryl/α,β-unsaturated/α-hetero) is 2. The van der Waals surface area contributed by atoms with Gasteiger partial charge in [-0.3, -0.25) is 9.59 Å². The first-order chi connectivity index (χ1) is 13.5. The summed E-state index contributed by atoms with van der Waals surface area (Å²) in [4.78, 5) is 34.9. The molecule has 0 aliphatic rings. The van der Waals surface area contributed by atoms with E-state index in [-0.39, 0.29) is 27.8 Å². The van der Waals surface area contributed by atoms with Crippen LogP contribution >= 0.6 is 11.8 Å². The van der Waals surface area contributed by atoms with E-state index in [1.54, 1.807) is 39.0 Å². The van der Waals surface area contributed by atoms with Crippen LogP contribution in [0.2, 0.25) is 0 Å². The van der Waals surface area contributed by atoms with Gasteiger partial charge in [-0.05, 0) is 39.3 Å². The maximum Gasteiger partial charge on any atom is 0.451 e. The van der Waals surface area contributed by atoms with Crippen LogP contribution < -0.4 is 0 Å². The number of para-hydroxylation sites is 1. The number of nitrogens with zero attached hydrogens (tertiary/aromatic N) is 2. The Morgan fingerprint density at radius 3 is 2.38 bits per heavy atom. The lowest BCUT2D eigenvalue weighted by Gasteiger charge is -2.13. The van der Waals surface area contributed by atoms with Crippen molar-refractivity contribution < 1.29 is 22.8 Å². The fourth-order valence-electron chi connectivity index (χ4n) is 3.21. The molecule has 3 rings (SSSR count). The van der Waals surface area contributed by atoms with E-state index < -0.39 is 17.3 Å². The molecular formula is C20H18F3N3O2S. The van der Waals surface area contributed by atoms with Gasteiger partial charge < -0.3 is 4.98 Å². The molecule has 0 saturated heterocycles. The number of carbonyl (C=O) groups excluding carboxylic acids is 2. The second-order valence-corrected chi connectivity index (χ2v) is 8.00. The van der Waals surface area contributed by atoms with E-state index in [4.69, 9.17) is 0 Å². The predicted molar refractivity (Wildman–Crippen MR) is 104 cm³/mol. The number of rotatable bonds is 5. The maximum atomic E-state index is 13.2. The van der Waals surface area contributed by atoms with E-state index in [1.807, 2.05) is 0 Å². The molecule has 3 aromatic rings. The topological polar surface area (TPSA) is 75.7 Å². The average molecular weight is 421 g/mol. The highest BCUT2D eigenvalue weighted by Crippen LogP contribution is 2.34. The smallest absolute Gasteiger partial charge is 0.355 e. The van der Waals surface area contributed by atoms with Crippen molar-refractivity contribution in [3.63, 3.8) is 0 Å². The van der Waals surface area contributed by atoms with Crippen LogP contribution in [-0.4, -0.2) is 31.8 Å². The molecule has 1 atom stereocenters. The second kappa shape index (κ2) is 7.62. The summed E-state index contributed by atoms with van der Waals surface area (Å²) in [5.41, 5.74) is 2.01. The van der Waals surface area contributed by atoms with Crippen molar-refractivity contribution in [2.45, 2.75) is 44.1 Å². The lowest BCUT2D eigenvalue weighted by Crippen LogP contribution is -2.17. The highest BCUT2D eigenvalue weighted by molar-refractivity contribution is 8.00.